The lowest BCUT2D eigenvalue weighted by atomic mass is 9.68. The zero-order valence-electron chi connectivity index (χ0n) is 40.2. The minimum Gasteiger partial charge on any atom is -0.311 e. The van der Waals surface area contributed by atoms with Gasteiger partial charge in [-0.3, -0.25) is 0 Å². The molecule has 2 aliphatic carbocycles. The summed E-state index contributed by atoms with van der Waals surface area (Å²) in [5.74, 6) is 1.92. The van der Waals surface area contributed by atoms with Gasteiger partial charge in [0, 0.05) is 33.8 Å². The first kappa shape index (κ1) is 42.0. The number of para-hydroxylation sites is 2. The first-order chi connectivity index (χ1) is 36.7. The Bertz CT molecular complexity index is 4250. The summed E-state index contributed by atoms with van der Waals surface area (Å²) in [7, 11) is 0. The van der Waals surface area contributed by atoms with Crippen molar-refractivity contribution < 1.29 is 0 Å². The fourth-order valence-corrected chi connectivity index (χ4v) is 12.4. The summed E-state index contributed by atoms with van der Waals surface area (Å²) in [4.78, 5) is 17.9. The standard InChI is InChI=1S/C70H44N4/c1-5-21-46(22-6-1)67-71-68(47-23-7-2-8-24-47)73-69(72-67)48-39-42-55-54-31-17-19-35-61(54)70(63(55)43-48)62-36-20-18-34-58(62)64-57-33-16-14-30-53(57)60-44-59(52-29-13-15-32-56(52)65(60)66(64)70)45-37-40-51(41-38-45)74(49-25-9-3-10-26-49)50-27-11-4-12-28-50/h1-44H. The van der Waals surface area contributed by atoms with Crippen LogP contribution in [-0.4, -0.2) is 15.0 Å². The fourth-order valence-electron chi connectivity index (χ4n) is 12.4. The highest BCUT2D eigenvalue weighted by Gasteiger charge is 2.53. The van der Waals surface area contributed by atoms with Crippen molar-refractivity contribution in [2.45, 2.75) is 5.41 Å². The second kappa shape index (κ2) is 16.7. The lowest BCUT2D eigenvalue weighted by Crippen LogP contribution is -2.26. The Morgan fingerprint density at radius 1 is 0.270 bits per heavy atom. The molecule has 74 heavy (non-hydrogen) atoms. The zero-order chi connectivity index (χ0) is 48.7. The monoisotopic (exact) mass is 940 g/mol. The molecule has 0 fully saturated rings. The highest BCUT2D eigenvalue weighted by Crippen LogP contribution is 2.66. The van der Waals surface area contributed by atoms with E-state index in [2.05, 4.69) is 235 Å². The molecule has 1 heterocycles. The third-order valence-electron chi connectivity index (χ3n) is 15.5. The molecule has 15 rings (SSSR count). The van der Waals surface area contributed by atoms with Crippen molar-refractivity contribution in [3.8, 4) is 67.5 Å². The lowest BCUT2D eigenvalue weighted by Gasteiger charge is -2.32. The molecule has 2 aliphatic rings. The molecular weight excluding hydrogens is 897 g/mol. The summed E-state index contributed by atoms with van der Waals surface area (Å²) >= 11 is 0. The normalized spacial score (nSPS) is 14.0. The molecule has 1 unspecified atom stereocenters. The largest absolute Gasteiger partial charge is 0.311 e. The van der Waals surface area contributed by atoms with Crippen LogP contribution in [-0.2, 0) is 5.41 Å². The topological polar surface area (TPSA) is 41.9 Å². The number of hydrogen-bond donors (Lipinski definition) is 0. The number of aromatic nitrogens is 3. The molecule has 0 saturated carbocycles. The average Bonchev–Trinajstić information content (AvgIpc) is 3.96. The van der Waals surface area contributed by atoms with Gasteiger partial charge >= 0.3 is 0 Å². The number of benzene rings is 12. The molecule has 12 aromatic carbocycles. The molecule has 1 aromatic heterocycles. The van der Waals surface area contributed by atoms with E-state index in [4.69, 9.17) is 15.0 Å². The van der Waals surface area contributed by atoms with Crippen LogP contribution in [0.15, 0.2) is 267 Å². The Hall–Kier alpha value is -9.77. The lowest BCUT2D eigenvalue weighted by molar-refractivity contribution is 0.802. The van der Waals surface area contributed by atoms with Crippen molar-refractivity contribution in [3.05, 3.63) is 289 Å². The molecule has 1 spiro atoms. The highest BCUT2D eigenvalue weighted by atomic mass is 15.1. The number of fused-ring (bicyclic) bond motifs is 17. The maximum Gasteiger partial charge on any atom is 0.164 e. The van der Waals surface area contributed by atoms with Gasteiger partial charge in [-0.25, -0.2) is 15.0 Å². The minimum absolute atomic E-state index is 0.637. The summed E-state index contributed by atoms with van der Waals surface area (Å²) in [5.41, 5.74) is 18.0. The van der Waals surface area contributed by atoms with E-state index in [-0.39, 0.29) is 0 Å². The first-order valence-electron chi connectivity index (χ1n) is 25.4. The van der Waals surface area contributed by atoms with E-state index in [0.717, 1.165) is 33.8 Å². The van der Waals surface area contributed by atoms with E-state index in [1.807, 2.05) is 36.4 Å². The van der Waals surface area contributed by atoms with Crippen LogP contribution in [0.4, 0.5) is 17.1 Å². The maximum atomic E-state index is 5.27. The van der Waals surface area contributed by atoms with Gasteiger partial charge in [0.25, 0.3) is 0 Å². The van der Waals surface area contributed by atoms with E-state index in [9.17, 15) is 0 Å². The molecule has 1 atom stereocenters. The summed E-state index contributed by atoms with van der Waals surface area (Å²) in [6.07, 6.45) is 0. The Kier molecular flexibility index (Phi) is 9.45. The van der Waals surface area contributed by atoms with Crippen molar-refractivity contribution in [1.82, 2.24) is 15.0 Å². The second-order valence-corrected chi connectivity index (χ2v) is 19.4. The summed E-state index contributed by atoms with van der Waals surface area (Å²) in [5, 5.41) is 7.44. The molecule has 4 heteroatoms. The van der Waals surface area contributed by atoms with Gasteiger partial charge in [0.15, 0.2) is 17.5 Å². The zero-order valence-corrected chi connectivity index (χ0v) is 40.2. The van der Waals surface area contributed by atoms with Crippen LogP contribution in [0.3, 0.4) is 0 Å². The van der Waals surface area contributed by atoms with Gasteiger partial charge in [-0.2, -0.15) is 0 Å². The second-order valence-electron chi connectivity index (χ2n) is 19.4. The van der Waals surface area contributed by atoms with Gasteiger partial charge in [-0.15, -0.1) is 0 Å². The third kappa shape index (κ3) is 6.25. The summed E-state index contributed by atoms with van der Waals surface area (Å²) < 4.78 is 0. The van der Waals surface area contributed by atoms with E-state index < -0.39 is 5.41 Å². The number of nitrogens with zero attached hydrogens (tertiary/aromatic N) is 4. The van der Waals surface area contributed by atoms with E-state index >= 15 is 0 Å². The van der Waals surface area contributed by atoms with Gasteiger partial charge in [-0.05, 0) is 136 Å². The van der Waals surface area contributed by atoms with Crippen LogP contribution in [0, 0.1) is 0 Å². The van der Waals surface area contributed by atoms with Crippen LogP contribution >= 0.6 is 0 Å². The number of anilines is 3. The van der Waals surface area contributed by atoms with Crippen molar-refractivity contribution in [3.63, 3.8) is 0 Å². The van der Waals surface area contributed by atoms with E-state index in [0.29, 0.717) is 17.5 Å². The molecule has 0 bridgehead atoms. The van der Waals surface area contributed by atoms with Crippen molar-refractivity contribution >= 4 is 49.4 Å². The average molecular weight is 941 g/mol. The molecule has 13 aromatic rings. The van der Waals surface area contributed by atoms with Crippen LogP contribution in [0.2, 0.25) is 0 Å². The van der Waals surface area contributed by atoms with Crippen molar-refractivity contribution in [1.29, 1.82) is 0 Å². The molecule has 0 aliphatic heterocycles. The molecule has 0 N–H and O–H groups in total. The van der Waals surface area contributed by atoms with Gasteiger partial charge in [0.2, 0.25) is 0 Å². The summed E-state index contributed by atoms with van der Waals surface area (Å²) in [6.45, 7) is 0. The maximum absolute atomic E-state index is 5.27. The van der Waals surface area contributed by atoms with Crippen molar-refractivity contribution in [2.24, 2.45) is 0 Å². The Morgan fingerprint density at radius 3 is 1.34 bits per heavy atom. The van der Waals surface area contributed by atoms with E-state index in [1.54, 1.807) is 0 Å². The van der Waals surface area contributed by atoms with Crippen LogP contribution in [0.25, 0.3) is 99.9 Å². The Labute approximate surface area is 429 Å². The van der Waals surface area contributed by atoms with E-state index in [1.165, 1.54) is 88.0 Å². The third-order valence-corrected chi connectivity index (χ3v) is 15.5. The predicted molar refractivity (Wildman–Crippen MR) is 305 cm³/mol. The van der Waals surface area contributed by atoms with Crippen LogP contribution < -0.4 is 4.90 Å². The number of hydrogen-bond acceptors (Lipinski definition) is 4. The van der Waals surface area contributed by atoms with Gasteiger partial charge in [-0.1, -0.05) is 218 Å². The quantitative estimate of drug-likeness (QED) is 0.149. The molecule has 4 nitrogen and oxygen atoms in total. The first-order valence-corrected chi connectivity index (χ1v) is 25.4. The molecule has 344 valence electrons. The SMILES string of the molecule is c1ccc(-c2nc(-c3ccccc3)nc(-c3ccc4c(c3)C3(c5ccccc5-4)c4ccccc4-c4c3c3c5ccccc5c(-c5ccc(N(c6ccccc6)c6ccccc6)cc5)cc3c3ccccc43)n2)cc1. The number of rotatable bonds is 7. The fraction of sp³-hybridized carbons (Fsp3) is 0.0143. The molecule has 0 saturated heterocycles. The minimum atomic E-state index is -0.683. The van der Waals surface area contributed by atoms with Gasteiger partial charge < -0.3 is 4.90 Å². The van der Waals surface area contributed by atoms with Gasteiger partial charge in [0.05, 0.1) is 5.41 Å². The molecular formula is C70H44N4. The summed E-state index contributed by atoms with van der Waals surface area (Å²) in [6, 6.07) is 96.7. The predicted octanol–water partition coefficient (Wildman–Crippen LogP) is 17.8. The Morgan fingerprint density at radius 2 is 0.716 bits per heavy atom. The van der Waals surface area contributed by atoms with Crippen LogP contribution in [0.1, 0.15) is 22.3 Å². The van der Waals surface area contributed by atoms with Crippen LogP contribution in [0.5, 0.6) is 0 Å². The molecule has 0 amide bonds. The highest BCUT2D eigenvalue weighted by molar-refractivity contribution is 6.28. The smallest absolute Gasteiger partial charge is 0.164 e. The molecule has 0 radical (unpaired) electrons. The Balaban J connectivity index is 0.999. The van der Waals surface area contributed by atoms with Crippen molar-refractivity contribution in [2.75, 3.05) is 4.90 Å². The van der Waals surface area contributed by atoms with Gasteiger partial charge in [0.1, 0.15) is 0 Å².